The molecule has 0 amide bonds. The summed E-state index contributed by atoms with van der Waals surface area (Å²) in [4.78, 5) is 19.2. The van der Waals surface area contributed by atoms with Crippen LogP contribution < -0.4 is 10.6 Å². The van der Waals surface area contributed by atoms with Gasteiger partial charge in [-0.05, 0) is 30.2 Å². The summed E-state index contributed by atoms with van der Waals surface area (Å²) in [6.45, 7) is 2.05. The Labute approximate surface area is 150 Å². The number of nitrogens with zero attached hydrogens (tertiary/aromatic N) is 6. The van der Waals surface area contributed by atoms with Crippen molar-refractivity contribution in [2.24, 2.45) is 5.73 Å². The number of aromatic nitrogens is 5. The number of piperidine rings is 1. The van der Waals surface area contributed by atoms with E-state index in [-0.39, 0.29) is 24.1 Å². The minimum Gasteiger partial charge on any atom is -0.469 e. The number of aryl methyl sites for hydroxylation is 1. The van der Waals surface area contributed by atoms with E-state index in [2.05, 4.69) is 30.0 Å². The van der Waals surface area contributed by atoms with Gasteiger partial charge in [0.05, 0.1) is 20.1 Å². The highest BCUT2D eigenvalue weighted by Gasteiger charge is 2.25. The number of nitrogens with one attached hydrogen (secondary N) is 1. The van der Waals surface area contributed by atoms with Crippen molar-refractivity contribution in [2.45, 2.75) is 31.7 Å². The molecule has 10 nitrogen and oxygen atoms in total. The molecule has 138 valence electrons. The number of esters is 1. The van der Waals surface area contributed by atoms with E-state index < -0.39 is 0 Å². The second-order valence-corrected chi connectivity index (χ2v) is 6.15. The second kappa shape index (κ2) is 7.89. The van der Waals surface area contributed by atoms with Gasteiger partial charge < -0.3 is 15.4 Å². The zero-order valence-electron chi connectivity index (χ0n) is 14.6. The molecule has 26 heavy (non-hydrogen) atoms. The highest BCUT2D eigenvalue weighted by atomic mass is 16.5. The molecule has 1 saturated heterocycles. The van der Waals surface area contributed by atoms with Gasteiger partial charge in [0, 0.05) is 30.8 Å². The van der Waals surface area contributed by atoms with E-state index in [1.807, 2.05) is 12.1 Å². The third kappa shape index (κ3) is 4.13. The zero-order valence-corrected chi connectivity index (χ0v) is 14.6. The van der Waals surface area contributed by atoms with Gasteiger partial charge in [0.2, 0.25) is 0 Å². The molecule has 0 aliphatic carbocycles. The van der Waals surface area contributed by atoms with Crippen molar-refractivity contribution in [1.29, 1.82) is 5.41 Å². The van der Waals surface area contributed by atoms with Crippen LogP contribution >= 0.6 is 0 Å². The summed E-state index contributed by atoms with van der Waals surface area (Å²) >= 11 is 0. The number of carbonyl (C=O) groups is 1. The molecule has 0 saturated carbocycles. The first-order valence-corrected chi connectivity index (χ1v) is 8.46. The van der Waals surface area contributed by atoms with Gasteiger partial charge in [-0.3, -0.25) is 10.2 Å². The first-order valence-electron chi connectivity index (χ1n) is 8.46. The molecule has 0 aromatic carbocycles. The average molecular weight is 358 g/mol. The molecule has 0 radical (unpaired) electrons. The lowest BCUT2D eigenvalue weighted by Gasteiger charge is -2.31. The number of pyridine rings is 1. The van der Waals surface area contributed by atoms with Gasteiger partial charge in [0.15, 0.2) is 5.82 Å². The number of methoxy groups -OCH3 is 1. The highest BCUT2D eigenvalue weighted by Crippen LogP contribution is 2.27. The maximum absolute atomic E-state index is 11.2. The largest absolute Gasteiger partial charge is 0.469 e. The van der Waals surface area contributed by atoms with Crippen LogP contribution in [0, 0.1) is 5.41 Å². The van der Waals surface area contributed by atoms with E-state index in [0.717, 1.165) is 37.6 Å². The van der Waals surface area contributed by atoms with E-state index in [4.69, 9.17) is 11.1 Å². The first-order chi connectivity index (χ1) is 12.6. The predicted octanol–water partition coefficient (Wildman–Crippen LogP) is 0.299. The summed E-state index contributed by atoms with van der Waals surface area (Å²) in [5.41, 5.74) is 6.08. The number of nitrogen functional groups attached to an aromatic ring is 1. The second-order valence-electron chi connectivity index (χ2n) is 6.15. The Bertz CT molecular complexity index is 765. The van der Waals surface area contributed by atoms with E-state index in [1.165, 1.54) is 11.9 Å². The van der Waals surface area contributed by atoms with Crippen LogP contribution in [0.25, 0.3) is 0 Å². The molecule has 3 N–H and O–H groups in total. The smallest absolute Gasteiger partial charge is 0.307 e. The maximum atomic E-state index is 11.2. The minimum atomic E-state index is -0.291. The number of hydrogen-bond acceptors (Lipinski definition) is 8. The fraction of sp³-hybridized carbons (Fsp3) is 0.500. The van der Waals surface area contributed by atoms with E-state index >= 15 is 0 Å². The van der Waals surface area contributed by atoms with Crippen molar-refractivity contribution in [1.82, 2.24) is 25.2 Å². The third-order valence-electron chi connectivity index (χ3n) is 4.45. The lowest BCUT2D eigenvalue weighted by molar-refractivity contribution is -0.140. The normalized spacial score (nSPS) is 15.0. The Morgan fingerprint density at radius 2 is 2.15 bits per heavy atom. The Morgan fingerprint density at radius 1 is 1.38 bits per heavy atom. The quantitative estimate of drug-likeness (QED) is 0.427. The molecular formula is C16H22N8O2. The summed E-state index contributed by atoms with van der Waals surface area (Å²) in [6, 6.07) is 3.70. The lowest BCUT2D eigenvalue weighted by atomic mass is 9.96. The van der Waals surface area contributed by atoms with Gasteiger partial charge in [0.1, 0.15) is 11.7 Å². The van der Waals surface area contributed by atoms with Crippen molar-refractivity contribution in [2.75, 3.05) is 25.1 Å². The number of ether oxygens (including phenoxy) is 1. The molecule has 2 aromatic heterocycles. The molecule has 0 spiro atoms. The fourth-order valence-corrected chi connectivity index (χ4v) is 2.91. The number of amidine groups is 1. The van der Waals surface area contributed by atoms with Crippen molar-refractivity contribution < 1.29 is 9.53 Å². The zero-order chi connectivity index (χ0) is 18.5. The summed E-state index contributed by atoms with van der Waals surface area (Å²) in [6.07, 6.45) is 3.66. The van der Waals surface area contributed by atoms with Crippen LogP contribution in [-0.2, 0) is 16.1 Å². The van der Waals surface area contributed by atoms with Crippen LogP contribution in [0.5, 0.6) is 0 Å². The summed E-state index contributed by atoms with van der Waals surface area (Å²) < 4.78 is 4.61. The van der Waals surface area contributed by atoms with Crippen LogP contribution in [0.3, 0.4) is 0 Å². The van der Waals surface area contributed by atoms with E-state index in [9.17, 15) is 4.79 Å². The standard InChI is InChI=1S/C16H22N8O2/c1-26-14(25)6-9-24-21-16(20-22-24)11-4-7-23(8-5-11)13-3-2-12(10-19-13)15(17)18/h2-3,10-11H,4-9H2,1H3,(H3,17,18). The summed E-state index contributed by atoms with van der Waals surface area (Å²) in [7, 11) is 1.36. The maximum Gasteiger partial charge on any atom is 0.307 e. The molecule has 0 bridgehead atoms. The SMILES string of the molecule is COC(=O)CCn1nnc(C2CCN(c3ccc(C(=N)N)cn3)CC2)n1. The topological polar surface area (TPSA) is 136 Å². The fourth-order valence-electron chi connectivity index (χ4n) is 2.91. The number of hydrogen-bond donors (Lipinski definition) is 2. The van der Waals surface area contributed by atoms with Gasteiger partial charge in [-0.25, -0.2) is 4.98 Å². The monoisotopic (exact) mass is 358 g/mol. The molecular weight excluding hydrogens is 336 g/mol. The Kier molecular flexibility index (Phi) is 5.40. The van der Waals surface area contributed by atoms with Crippen molar-refractivity contribution in [3.05, 3.63) is 29.7 Å². The molecule has 1 aliphatic heterocycles. The molecule has 0 atom stereocenters. The van der Waals surface area contributed by atoms with Crippen molar-refractivity contribution in [3.8, 4) is 0 Å². The molecule has 2 aromatic rings. The highest BCUT2D eigenvalue weighted by molar-refractivity contribution is 5.94. The Balaban J connectivity index is 1.54. The van der Waals surface area contributed by atoms with Gasteiger partial charge >= 0.3 is 5.97 Å². The first kappa shape index (κ1) is 17.8. The van der Waals surface area contributed by atoms with Crippen molar-refractivity contribution in [3.63, 3.8) is 0 Å². The molecule has 3 heterocycles. The Hall–Kier alpha value is -3.04. The molecule has 10 heteroatoms. The molecule has 0 unspecified atom stereocenters. The Morgan fingerprint density at radius 3 is 2.77 bits per heavy atom. The molecule has 1 fully saturated rings. The molecule has 1 aliphatic rings. The van der Waals surface area contributed by atoms with Gasteiger partial charge in [-0.15, -0.1) is 10.2 Å². The van der Waals surface area contributed by atoms with E-state index in [0.29, 0.717) is 12.1 Å². The number of anilines is 1. The van der Waals surface area contributed by atoms with Gasteiger partial charge in [0.25, 0.3) is 0 Å². The average Bonchev–Trinajstić information content (AvgIpc) is 3.15. The van der Waals surface area contributed by atoms with Crippen molar-refractivity contribution >= 4 is 17.6 Å². The predicted molar refractivity (Wildman–Crippen MR) is 93.9 cm³/mol. The van der Waals surface area contributed by atoms with Crippen LogP contribution in [0.15, 0.2) is 18.3 Å². The summed E-state index contributed by atoms with van der Waals surface area (Å²) in [5, 5.41) is 19.9. The van der Waals surface area contributed by atoms with Crippen LogP contribution in [0.2, 0.25) is 0 Å². The van der Waals surface area contributed by atoms with Gasteiger partial charge in [-0.2, -0.15) is 4.80 Å². The van der Waals surface area contributed by atoms with Crippen LogP contribution in [0.1, 0.15) is 36.6 Å². The van der Waals surface area contributed by atoms with E-state index in [1.54, 1.807) is 6.20 Å². The van der Waals surface area contributed by atoms with Gasteiger partial charge in [-0.1, -0.05) is 0 Å². The minimum absolute atomic E-state index is 0.0177. The number of rotatable bonds is 6. The van der Waals surface area contributed by atoms with Crippen LogP contribution in [0.4, 0.5) is 5.82 Å². The van der Waals surface area contributed by atoms with Crippen LogP contribution in [-0.4, -0.2) is 57.2 Å². The number of nitrogens with two attached hydrogens (primary N) is 1. The number of tetrazole rings is 1. The number of carbonyl (C=O) groups excluding carboxylic acids is 1. The summed E-state index contributed by atoms with van der Waals surface area (Å²) in [5.74, 6) is 1.57. The molecule has 3 rings (SSSR count). The third-order valence-corrected chi connectivity index (χ3v) is 4.45. The lowest BCUT2D eigenvalue weighted by Crippen LogP contribution is -2.33.